The van der Waals surface area contributed by atoms with Crippen molar-refractivity contribution >= 4 is 16.7 Å². The average Bonchev–Trinajstić information content (AvgIpc) is 2.48. The molecule has 0 saturated heterocycles. The summed E-state index contributed by atoms with van der Waals surface area (Å²) in [5.41, 5.74) is 5.28. The molecule has 0 spiro atoms. The molecule has 0 fully saturated rings. The Bertz CT molecular complexity index is 831. The molecule has 5 nitrogen and oxygen atoms in total. The molecule has 21 heavy (non-hydrogen) atoms. The minimum absolute atomic E-state index is 0.0196. The highest BCUT2D eigenvalue weighted by atomic mass is 16.5. The number of fused-ring (bicyclic) bond motifs is 1. The van der Waals surface area contributed by atoms with Crippen LogP contribution in [-0.2, 0) is 0 Å². The molecule has 0 aliphatic carbocycles. The summed E-state index contributed by atoms with van der Waals surface area (Å²) in [6.45, 7) is 0. The summed E-state index contributed by atoms with van der Waals surface area (Å²) in [5.74, 6) is 0.0639. The zero-order valence-electron chi connectivity index (χ0n) is 11.0. The van der Waals surface area contributed by atoms with Crippen LogP contribution in [0.25, 0.3) is 10.8 Å². The highest BCUT2D eigenvalue weighted by Gasteiger charge is 2.08. The lowest BCUT2D eigenvalue weighted by molar-refractivity contribution is 0.0995. The molecule has 0 atom stereocenters. The molecule has 2 aromatic carbocycles. The standard InChI is InChI=1S/C16H12N2O3/c17-16(20)13-9-12(5-6-18-13)21-15-8-11-4-2-1-3-10(11)7-14(15)19/h1-9,19H,(H2,17,20). The number of aromatic hydroxyl groups is 1. The lowest BCUT2D eigenvalue weighted by atomic mass is 10.1. The molecular formula is C16H12N2O3. The van der Waals surface area contributed by atoms with Crippen molar-refractivity contribution in [1.29, 1.82) is 0 Å². The van der Waals surface area contributed by atoms with E-state index >= 15 is 0 Å². The Kier molecular flexibility index (Phi) is 3.16. The number of ether oxygens (including phenoxy) is 1. The molecule has 0 bridgehead atoms. The number of carbonyl (C=O) groups is 1. The van der Waals surface area contributed by atoms with Crippen LogP contribution in [0.4, 0.5) is 0 Å². The highest BCUT2D eigenvalue weighted by Crippen LogP contribution is 2.34. The Hall–Kier alpha value is -3.08. The zero-order chi connectivity index (χ0) is 14.8. The molecule has 0 unspecified atom stereocenters. The Morgan fingerprint density at radius 3 is 2.52 bits per heavy atom. The summed E-state index contributed by atoms with van der Waals surface area (Å²) in [4.78, 5) is 14.9. The van der Waals surface area contributed by atoms with Crippen LogP contribution in [0, 0.1) is 0 Å². The van der Waals surface area contributed by atoms with Crippen molar-refractivity contribution in [2.24, 2.45) is 5.73 Å². The third-order valence-electron chi connectivity index (χ3n) is 3.04. The summed E-state index contributed by atoms with van der Waals surface area (Å²) in [5, 5.41) is 11.9. The van der Waals surface area contributed by atoms with Gasteiger partial charge in [-0.3, -0.25) is 9.78 Å². The van der Waals surface area contributed by atoms with Gasteiger partial charge < -0.3 is 15.6 Å². The lowest BCUT2D eigenvalue weighted by Gasteiger charge is -2.09. The van der Waals surface area contributed by atoms with Gasteiger partial charge in [-0.1, -0.05) is 24.3 Å². The molecule has 0 aliphatic heterocycles. The second-order valence-corrected chi connectivity index (χ2v) is 4.51. The van der Waals surface area contributed by atoms with Gasteiger partial charge in [-0.05, 0) is 29.0 Å². The van der Waals surface area contributed by atoms with E-state index in [4.69, 9.17) is 10.5 Å². The number of nitrogens with two attached hydrogens (primary N) is 1. The normalized spacial score (nSPS) is 10.5. The molecule has 1 heterocycles. The largest absolute Gasteiger partial charge is 0.504 e. The summed E-state index contributed by atoms with van der Waals surface area (Å²) < 4.78 is 5.61. The molecule has 1 aromatic heterocycles. The Balaban J connectivity index is 1.99. The Morgan fingerprint density at radius 1 is 1.10 bits per heavy atom. The number of hydrogen-bond donors (Lipinski definition) is 2. The van der Waals surface area contributed by atoms with E-state index in [1.165, 1.54) is 12.3 Å². The van der Waals surface area contributed by atoms with E-state index in [9.17, 15) is 9.90 Å². The fourth-order valence-electron chi connectivity index (χ4n) is 2.03. The van der Waals surface area contributed by atoms with Gasteiger partial charge >= 0.3 is 0 Å². The van der Waals surface area contributed by atoms with Crippen molar-refractivity contribution < 1.29 is 14.6 Å². The molecule has 5 heteroatoms. The number of amides is 1. The molecular weight excluding hydrogens is 268 g/mol. The van der Waals surface area contributed by atoms with E-state index in [1.54, 1.807) is 18.2 Å². The molecule has 3 rings (SSSR count). The number of hydrogen-bond acceptors (Lipinski definition) is 4. The van der Waals surface area contributed by atoms with E-state index in [1.807, 2.05) is 24.3 Å². The Morgan fingerprint density at radius 2 is 1.81 bits per heavy atom. The zero-order valence-corrected chi connectivity index (χ0v) is 11.0. The maximum absolute atomic E-state index is 11.1. The van der Waals surface area contributed by atoms with Crippen LogP contribution in [0.1, 0.15) is 10.5 Å². The van der Waals surface area contributed by atoms with Crippen LogP contribution < -0.4 is 10.5 Å². The van der Waals surface area contributed by atoms with E-state index in [2.05, 4.69) is 4.98 Å². The highest BCUT2D eigenvalue weighted by molar-refractivity contribution is 5.91. The molecule has 0 aliphatic rings. The molecule has 3 N–H and O–H groups in total. The molecule has 104 valence electrons. The number of benzene rings is 2. The fourth-order valence-corrected chi connectivity index (χ4v) is 2.03. The summed E-state index contributed by atoms with van der Waals surface area (Å²) in [7, 11) is 0. The minimum Gasteiger partial charge on any atom is -0.504 e. The quantitative estimate of drug-likeness (QED) is 0.772. The van der Waals surface area contributed by atoms with E-state index in [0.29, 0.717) is 11.5 Å². The predicted molar refractivity (Wildman–Crippen MR) is 78.4 cm³/mol. The van der Waals surface area contributed by atoms with Crippen molar-refractivity contribution in [3.8, 4) is 17.2 Å². The first-order valence-corrected chi connectivity index (χ1v) is 6.29. The first-order chi connectivity index (χ1) is 10.1. The van der Waals surface area contributed by atoms with Crippen molar-refractivity contribution in [3.05, 3.63) is 60.4 Å². The van der Waals surface area contributed by atoms with Gasteiger partial charge in [0.25, 0.3) is 5.91 Å². The van der Waals surface area contributed by atoms with Crippen LogP contribution >= 0.6 is 0 Å². The van der Waals surface area contributed by atoms with Crippen LogP contribution in [0.2, 0.25) is 0 Å². The number of rotatable bonds is 3. The number of phenols is 1. The topological polar surface area (TPSA) is 85.4 Å². The number of nitrogens with zero attached hydrogens (tertiary/aromatic N) is 1. The van der Waals surface area contributed by atoms with Crippen molar-refractivity contribution in [2.45, 2.75) is 0 Å². The summed E-state index contributed by atoms with van der Waals surface area (Å²) in [6.07, 6.45) is 1.42. The number of carbonyl (C=O) groups excluding carboxylic acids is 1. The SMILES string of the molecule is NC(=O)c1cc(Oc2cc3ccccc3cc2O)ccn1. The third-order valence-corrected chi connectivity index (χ3v) is 3.04. The van der Waals surface area contributed by atoms with Crippen LogP contribution in [0.15, 0.2) is 54.7 Å². The average molecular weight is 280 g/mol. The molecule has 1 amide bonds. The monoisotopic (exact) mass is 280 g/mol. The van der Waals surface area contributed by atoms with Crippen molar-refractivity contribution in [1.82, 2.24) is 4.98 Å². The lowest BCUT2D eigenvalue weighted by Crippen LogP contribution is -2.12. The van der Waals surface area contributed by atoms with Crippen LogP contribution in [0.3, 0.4) is 0 Å². The van der Waals surface area contributed by atoms with Gasteiger partial charge in [0, 0.05) is 12.3 Å². The summed E-state index contributed by atoms with van der Waals surface area (Å²) in [6, 6.07) is 14.0. The summed E-state index contributed by atoms with van der Waals surface area (Å²) >= 11 is 0. The number of pyridine rings is 1. The third kappa shape index (κ3) is 2.62. The molecule has 0 radical (unpaired) electrons. The van der Waals surface area contributed by atoms with Gasteiger partial charge in [0.05, 0.1) is 0 Å². The second-order valence-electron chi connectivity index (χ2n) is 4.51. The van der Waals surface area contributed by atoms with E-state index < -0.39 is 5.91 Å². The minimum atomic E-state index is -0.636. The van der Waals surface area contributed by atoms with Gasteiger partial charge in [0.1, 0.15) is 11.4 Å². The fraction of sp³-hybridized carbons (Fsp3) is 0. The second kappa shape index (κ2) is 5.13. The van der Waals surface area contributed by atoms with E-state index in [0.717, 1.165) is 10.8 Å². The molecule has 3 aromatic rings. The van der Waals surface area contributed by atoms with Gasteiger partial charge in [-0.2, -0.15) is 0 Å². The van der Waals surface area contributed by atoms with Gasteiger partial charge in [-0.25, -0.2) is 0 Å². The molecule has 0 saturated carbocycles. The van der Waals surface area contributed by atoms with Crippen molar-refractivity contribution in [2.75, 3.05) is 0 Å². The smallest absolute Gasteiger partial charge is 0.267 e. The van der Waals surface area contributed by atoms with Gasteiger partial charge in [0.15, 0.2) is 11.5 Å². The first kappa shape index (κ1) is 12.9. The van der Waals surface area contributed by atoms with Gasteiger partial charge in [-0.15, -0.1) is 0 Å². The van der Waals surface area contributed by atoms with Crippen LogP contribution in [-0.4, -0.2) is 16.0 Å². The van der Waals surface area contributed by atoms with E-state index in [-0.39, 0.29) is 11.4 Å². The Labute approximate surface area is 120 Å². The van der Waals surface area contributed by atoms with Crippen LogP contribution in [0.5, 0.6) is 17.2 Å². The number of aromatic nitrogens is 1. The predicted octanol–water partition coefficient (Wildman–Crippen LogP) is 2.83. The number of primary amides is 1. The first-order valence-electron chi connectivity index (χ1n) is 6.29. The van der Waals surface area contributed by atoms with Crippen molar-refractivity contribution in [3.63, 3.8) is 0 Å². The number of phenolic OH excluding ortho intramolecular Hbond substituents is 1. The maximum Gasteiger partial charge on any atom is 0.267 e. The maximum atomic E-state index is 11.1. The van der Waals surface area contributed by atoms with Gasteiger partial charge in [0.2, 0.25) is 0 Å².